The lowest BCUT2D eigenvalue weighted by molar-refractivity contribution is 0.0689. The lowest BCUT2D eigenvalue weighted by Gasteiger charge is -1.81. The molecule has 0 aromatic carbocycles. The van der Waals surface area contributed by atoms with Crippen LogP contribution in [-0.4, -0.2) is 26.5 Å². The molecule has 0 aliphatic carbocycles. The van der Waals surface area contributed by atoms with Crippen LogP contribution < -0.4 is 0 Å². The van der Waals surface area contributed by atoms with E-state index in [1.807, 2.05) is 0 Å². The molecule has 0 spiro atoms. The number of carboxylic acids is 1. The fourth-order valence-corrected chi connectivity index (χ4v) is 0.486. The first kappa shape index (κ1) is 8.90. The number of nitrogens with zero attached hydrogens (tertiary/aromatic N) is 2. The van der Waals surface area contributed by atoms with Gasteiger partial charge in [-0.1, -0.05) is 0 Å². The van der Waals surface area contributed by atoms with Crippen LogP contribution in [0.3, 0.4) is 0 Å². The number of hydrogen-bond acceptors (Lipinski definition) is 3. The van der Waals surface area contributed by atoms with E-state index in [0.717, 1.165) is 0 Å². The number of aromatic carboxylic acids is 1. The first-order chi connectivity index (χ1) is 4.22. The van der Waals surface area contributed by atoms with Gasteiger partial charge < -0.3 is 5.11 Å². The molecular formula is C4H6ClN3O2. The summed E-state index contributed by atoms with van der Waals surface area (Å²) < 4.78 is 0. The van der Waals surface area contributed by atoms with Crippen molar-refractivity contribution in [1.29, 1.82) is 0 Å². The predicted octanol–water partition coefficient (Wildman–Crippen LogP) is 0.233. The molecule has 56 valence electrons. The summed E-state index contributed by atoms with van der Waals surface area (Å²) in [6, 6.07) is 0. The summed E-state index contributed by atoms with van der Waals surface area (Å²) in [7, 11) is 0. The van der Waals surface area contributed by atoms with Gasteiger partial charge in [0.2, 0.25) is 0 Å². The van der Waals surface area contributed by atoms with Crippen molar-refractivity contribution in [3.8, 4) is 0 Å². The molecule has 0 saturated carbocycles. The molecule has 1 aromatic heterocycles. The molecule has 10 heavy (non-hydrogen) atoms. The lowest BCUT2D eigenvalue weighted by Crippen LogP contribution is -1.98. The molecule has 1 heterocycles. The maximum Gasteiger partial charge on any atom is 0.358 e. The molecule has 0 radical (unpaired) electrons. The lowest BCUT2D eigenvalue weighted by atomic mass is 10.4. The van der Waals surface area contributed by atoms with Gasteiger partial charge in [0.15, 0.2) is 5.69 Å². The zero-order chi connectivity index (χ0) is 6.85. The van der Waals surface area contributed by atoms with E-state index in [0.29, 0.717) is 5.69 Å². The smallest absolute Gasteiger partial charge is 0.358 e. The van der Waals surface area contributed by atoms with Crippen molar-refractivity contribution < 1.29 is 9.90 Å². The highest BCUT2D eigenvalue weighted by molar-refractivity contribution is 5.86. The maximum atomic E-state index is 10.2. The van der Waals surface area contributed by atoms with Crippen LogP contribution in [0.25, 0.3) is 0 Å². The Morgan fingerprint density at radius 1 is 1.60 bits per heavy atom. The van der Waals surface area contributed by atoms with Gasteiger partial charge in [-0.2, -0.15) is 10.3 Å². The summed E-state index contributed by atoms with van der Waals surface area (Å²) in [5, 5.41) is 17.4. The summed E-state index contributed by atoms with van der Waals surface area (Å²) in [6.45, 7) is 1.58. The number of aromatic nitrogens is 3. The van der Waals surface area contributed by atoms with Crippen molar-refractivity contribution in [2.24, 2.45) is 0 Å². The van der Waals surface area contributed by atoms with Crippen LogP contribution >= 0.6 is 12.4 Å². The molecule has 0 unspecified atom stereocenters. The first-order valence-corrected chi connectivity index (χ1v) is 2.32. The number of H-pyrrole nitrogens is 1. The first-order valence-electron chi connectivity index (χ1n) is 2.32. The second kappa shape index (κ2) is 3.17. The van der Waals surface area contributed by atoms with Crippen LogP contribution in [0.5, 0.6) is 0 Å². The number of aryl methyl sites for hydroxylation is 1. The van der Waals surface area contributed by atoms with Gasteiger partial charge in [-0.25, -0.2) is 4.79 Å². The second-order valence-electron chi connectivity index (χ2n) is 1.56. The number of nitrogens with one attached hydrogen (secondary N) is 1. The maximum absolute atomic E-state index is 10.2. The number of halogens is 1. The molecule has 0 aliphatic rings. The summed E-state index contributed by atoms with van der Waals surface area (Å²) in [5.41, 5.74) is 0.387. The molecule has 0 saturated heterocycles. The van der Waals surface area contributed by atoms with E-state index in [4.69, 9.17) is 5.11 Å². The van der Waals surface area contributed by atoms with Gasteiger partial charge in [0.25, 0.3) is 0 Å². The van der Waals surface area contributed by atoms with Crippen molar-refractivity contribution in [3.63, 3.8) is 0 Å². The number of rotatable bonds is 1. The molecule has 1 aromatic rings. The Morgan fingerprint density at radius 3 is 2.40 bits per heavy atom. The van der Waals surface area contributed by atoms with Crippen LogP contribution in [0, 0.1) is 6.92 Å². The minimum atomic E-state index is -1.05. The molecule has 1 rings (SSSR count). The monoisotopic (exact) mass is 163 g/mol. The van der Waals surface area contributed by atoms with Crippen LogP contribution in [0.15, 0.2) is 0 Å². The van der Waals surface area contributed by atoms with E-state index in [1.54, 1.807) is 6.92 Å². The Balaban J connectivity index is 0.000000810. The Labute approximate surface area is 62.9 Å². The van der Waals surface area contributed by atoms with Gasteiger partial charge in [0.05, 0.1) is 5.69 Å². The molecule has 0 aliphatic heterocycles. The average molecular weight is 164 g/mol. The van der Waals surface area contributed by atoms with Crippen molar-refractivity contribution >= 4 is 18.4 Å². The van der Waals surface area contributed by atoms with Gasteiger partial charge >= 0.3 is 5.97 Å². The predicted molar refractivity (Wildman–Crippen MR) is 35.3 cm³/mol. The van der Waals surface area contributed by atoms with E-state index in [2.05, 4.69) is 15.4 Å². The molecule has 2 N–H and O–H groups in total. The fourth-order valence-electron chi connectivity index (χ4n) is 0.486. The van der Waals surface area contributed by atoms with Gasteiger partial charge in [-0.15, -0.1) is 17.5 Å². The van der Waals surface area contributed by atoms with Gasteiger partial charge in [0, 0.05) is 0 Å². The van der Waals surface area contributed by atoms with Gasteiger partial charge in [-0.05, 0) is 6.92 Å². The third kappa shape index (κ3) is 1.44. The Morgan fingerprint density at radius 2 is 2.20 bits per heavy atom. The molecule has 0 fully saturated rings. The van der Waals surface area contributed by atoms with Crippen molar-refractivity contribution in [2.45, 2.75) is 6.92 Å². The largest absolute Gasteiger partial charge is 0.476 e. The minimum absolute atomic E-state index is 0. The quantitative estimate of drug-likeness (QED) is 0.621. The summed E-state index contributed by atoms with van der Waals surface area (Å²) >= 11 is 0. The van der Waals surface area contributed by atoms with Gasteiger partial charge in [0.1, 0.15) is 0 Å². The number of carbonyl (C=O) groups is 1. The molecule has 0 atom stereocenters. The van der Waals surface area contributed by atoms with Crippen LogP contribution in [0.4, 0.5) is 0 Å². The normalized spacial score (nSPS) is 8.50. The minimum Gasteiger partial charge on any atom is -0.476 e. The number of hydrogen-bond donors (Lipinski definition) is 2. The molecule has 0 bridgehead atoms. The van der Waals surface area contributed by atoms with E-state index in [1.165, 1.54) is 0 Å². The summed E-state index contributed by atoms with van der Waals surface area (Å²) in [4.78, 5) is 10.2. The van der Waals surface area contributed by atoms with Gasteiger partial charge in [-0.3, -0.25) is 0 Å². The average Bonchev–Trinajstić information content (AvgIpc) is 2.13. The summed E-state index contributed by atoms with van der Waals surface area (Å²) in [5.74, 6) is -1.05. The zero-order valence-corrected chi connectivity index (χ0v) is 5.97. The number of aromatic amines is 1. The zero-order valence-electron chi connectivity index (χ0n) is 5.16. The van der Waals surface area contributed by atoms with E-state index in [9.17, 15) is 4.79 Å². The molecule has 6 heteroatoms. The van der Waals surface area contributed by atoms with Crippen LogP contribution in [-0.2, 0) is 0 Å². The highest BCUT2D eigenvalue weighted by Crippen LogP contribution is 1.95. The molecule has 5 nitrogen and oxygen atoms in total. The van der Waals surface area contributed by atoms with Crippen molar-refractivity contribution in [2.75, 3.05) is 0 Å². The fraction of sp³-hybridized carbons (Fsp3) is 0.250. The third-order valence-corrected chi connectivity index (χ3v) is 0.925. The topological polar surface area (TPSA) is 78.9 Å². The standard InChI is InChI=1S/C4H5N3O2.ClH/c1-2-3(4(8)9)6-7-5-2;/h1H3,(H,8,9)(H,5,6,7);1H. The SMILES string of the molecule is Cc1n[nH]nc1C(=O)O.Cl. The number of carboxylic acid groups (broad SMARTS) is 1. The van der Waals surface area contributed by atoms with E-state index in [-0.39, 0.29) is 18.1 Å². The van der Waals surface area contributed by atoms with E-state index >= 15 is 0 Å². The summed E-state index contributed by atoms with van der Waals surface area (Å²) in [6.07, 6.45) is 0. The highest BCUT2D eigenvalue weighted by Gasteiger charge is 2.09. The molecule has 0 amide bonds. The van der Waals surface area contributed by atoms with Crippen molar-refractivity contribution in [3.05, 3.63) is 11.4 Å². The Kier molecular flexibility index (Phi) is 2.82. The van der Waals surface area contributed by atoms with Crippen LogP contribution in [0.1, 0.15) is 16.2 Å². The Hall–Kier alpha value is -1.10. The molecular weight excluding hydrogens is 158 g/mol. The van der Waals surface area contributed by atoms with Crippen LogP contribution in [0.2, 0.25) is 0 Å². The Bertz CT molecular complexity index is 234. The van der Waals surface area contributed by atoms with Crippen molar-refractivity contribution in [1.82, 2.24) is 15.4 Å². The van der Waals surface area contributed by atoms with E-state index < -0.39 is 5.97 Å². The second-order valence-corrected chi connectivity index (χ2v) is 1.56. The highest BCUT2D eigenvalue weighted by atomic mass is 35.5. The third-order valence-electron chi connectivity index (χ3n) is 0.925.